The van der Waals surface area contributed by atoms with Crippen LogP contribution in [0.1, 0.15) is 103 Å². The first-order valence-corrected chi connectivity index (χ1v) is 13.4. The Labute approximate surface area is 243 Å². The molecular formula is C30H36O12. The van der Waals surface area contributed by atoms with E-state index in [-0.39, 0.29) is 59.0 Å². The van der Waals surface area contributed by atoms with Crippen LogP contribution in [0, 0.1) is 5.41 Å². The molecule has 1 fully saturated rings. The minimum absolute atomic E-state index is 0.0418. The summed E-state index contributed by atoms with van der Waals surface area (Å²) in [5, 5.41) is 11.7. The van der Waals surface area contributed by atoms with Crippen LogP contribution in [0.25, 0.3) is 0 Å². The van der Waals surface area contributed by atoms with Crippen LogP contribution in [0.15, 0.2) is 11.3 Å². The number of benzene rings is 1. The minimum atomic E-state index is -1.26. The second-order valence-corrected chi connectivity index (χ2v) is 11.4. The fourth-order valence-electron chi connectivity index (χ4n) is 6.17. The number of ketones is 1. The molecule has 12 heteroatoms. The van der Waals surface area contributed by atoms with Crippen LogP contribution in [0.5, 0.6) is 17.2 Å². The molecule has 1 aromatic rings. The Morgan fingerprint density at radius 1 is 0.857 bits per heavy atom. The van der Waals surface area contributed by atoms with Gasteiger partial charge in [0.1, 0.15) is 11.9 Å². The van der Waals surface area contributed by atoms with E-state index >= 15 is 0 Å². The Kier molecular flexibility index (Phi) is 8.90. The maximum atomic E-state index is 14.3. The molecule has 2 aliphatic carbocycles. The van der Waals surface area contributed by atoms with Crippen molar-refractivity contribution in [2.24, 2.45) is 5.41 Å². The van der Waals surface area contributed by atoms with Crippen LogP contribution in [0.4, 0.5) is 0 Å². The van der Waals surface area contributed by atoms with Gasteiger partial charge in [-0.15, -0.1) is 0 Å². The molecule has 12 nitrogen and oxygen atoms in total. The molecule has 0 unspecified atom stereocenters. The Bertz CT molecular complexity index is 1420. The van der Waals surface area contributed by atoms with Crippen LogP contribution >= 0.6 is 0 Å². The summed E-state index contributed by atoms with van der Waals surface area (Å²) in [7, 11) is 0. The van der Waals surface area contributed by atoms with Gasteiger partial charge in [-0.1, -0.05) is 27.7 Å². The van der Waals surface area contributed by atoms with Gasteiger partial charge in [0.05, 0.1) is 12.2 Å². The Morgan fingerprint density at radius 2 is 1.40 bits per heavy atom. The molecule has 3 rings (SSSR count). The monoisotopic (exact) mass is 588 g/mol. The molecule has 42 heavy (non-hydrogen) atoms. The third kappa shape index (κ3) is 5.75. The highest BCUT2D eigenvalue weighted by atomic mass is 16.6. The summed E-state index contributed by atoms with van der Waals surface area (Å²) in [5.41, 5.74) is -2.48. The fraction of sp³-hybridized carbons (Fsp3) is 0.533. The molecule has 0 saturated heterocycles. The van der Waals surface area contributed by atoms with Crippen molar-refractivity contribution in [3.63, 3.8) is 0 Å². The molecule has 0 radical (unpaired) electrons. The molecule has 0 aliphatic heterocycles. The number of fused-ring (bicyclic) bond motifs is 3. The number of rotatable bonds is 7. The van der Waals surface area contributed by atoms with Gasteiger partial charge in [0, 0.05) is 62.5 Å². The molecule has 0 bridgehead atoms. The van der Waals surface area contributed by atoms with Gasteiger partial charge in [-0.3, -0.25) is 28.8 Å². The lowest BCUT2D eigenvalue weighted by atomic mass is 9.53. The van der Waals surface area contributed by atoms with Crippen molar-refractivity contribution < 1.29 is 57.6 Å². The average Bonchev–Trinajstić information content (AvgIpc) is 2.83. The molecular weight excluding hydrogens is 552 g/mol. The molecule has 2 aliphatic rings. The second-order valence-electron chi connectivity index (χ2n) is 11.4. The normalized spacial score (nSPS) is 21.4. The van der Waals surface area contributed by atoms with Gasteiger partial charge in [0.15, 0.2) is 17.3 Å². The number of phenols is 1. The van der Waals surface area contributed by atoms with Gasteiger partial charge in [-0.25, -0.2) is 0 Å². The SMILES string of the molecule is CC(=O)OC[C@H](C)c1c(O)c2c(c(OC(C)=O)c1OC(C)=O)[C@@]1(C)CC[C@@H](OC(C)=O)C(C)(C)C1=C(OC(C)=O)C2=O. The molecule has 0 heterocycles. The zero-order chi connectivity index (χ0) is 31.9. The zero-order valence-corrected chi connectivity index (χ0v) is 25.2. The van der Waals surface area contributed by atoms with E-state index in [1.807, 2.05) is 0 Å². The molecule has 0 spiro atoms. The predicted molar refractivity (Wildman–Crippen MR) is 145 cm³/mol. The molecule has 1 saturated carbocycles. The van der Waals surface area contributed by atoms with E-state index < -0.39 is 64.2 Å². The lowest BCUT2D eigenvalue weighted by Gasteiger charge is -2.52. The average molecular weight is 589 g/mol. The summed E-state index contributed by atoms with van der Waals surface area (Å²) < 4.78 is 27.4. The largest absolute Gasteiger partial charge is 0.507 e. The highest BCUT2D eigenvalue weighted by Crippen LogP contribution is 2.63. The number of esters is 5. The number of carbonyl (C=O) groups is 6. The molecule has 3 atom stereocenters. The molecule has 1 aromatic carbocycles. The molecule has 0 amide bonds. The van der Waals surface area contributed by atoms with Crippen LogP contribution < -0.4 is 9.47 Å². The summed E-state index contributed by atoms with van der Waals surface area (Å²) in [6.45, 7) is 12.2. The van der Waals surface area contributed by atoms with Crippen LogP contribution in [0.3, 0.4) is 0 Å². The second kappa shape index (κ2) is 11.6. The summed E-state index contributed by atoms with van der Waals surface area (Å²) in [6, 6.07) is 0. The standard InChI is InChI=1S/C30H36O12/c1-13(12-38-14(2)31)20-23(36)21-22(26(41-17(5)34)25(20)40-16(4)33)30(9)11-10-19(39-15(3)32)29(7,8)28(30)27(24(21)37)42-18(6)35/h13,19,36H,10-12H2,1-9H3/t13-,19+,30+/m0/s1. The van der Waals surface area contributed by atoms with Crippen molar-refractivity contribution in [1.82, 2.24) is 0 Å². The minimum Gasteiger partial charge on any atom is -0.507 e. The predicted octanol–water partition coefficient (Wildman–Crippen LogP) is 3.93. The smallest absolute Gasteiger partial charge is 0.308 e. The van der Waals surface area contributed by atoms with E-state index in [2.05, 4.69) is 0 Å². The van der Waals surface area contributed by atoms with Crippen molar-refractivity contribution in [3.8, 4) is 17.2 Å². The van der Waals surface area contributed by atoms with Gasteiger partial charge >= 0.3 is 29.8 Å². The van der Waals surface area contributed by atoms with Gasteiger partial charge in [-0.2, -0.15) is 0 Å². The topological polar surface area (TPSA) is 169 Å². The first kappa shape index (κ1) is 32.3. The molecule has 0 aromatic heterocycles. The lowest BCUT2D eigenvalue weighted by molar-refractivity contribution is -0.154. The van der Waals surface area contributed by atoms with Crippen molar-refractivity contribution in [3.05, 3.63) is 28.0 Å². The zero-order valence-electron chi connectivity index (χ0n) is 25.2. The molecule has 1 N–H and O–H groups in total. The number of carbonyl (C=O) groups excluding carboxylic acids is 6. The third-order valence-electron chi connectivity index (χ3n) is 7.61. The van der Waals surface area contributed by atoms with E-state index in [1.165, 1.54) is 13.8 Å². The maximum Gasteiger partial charge on any atom is 0.308 e. The van der Waals surface area contributed by atoms with E-state index in [0.29, 0.717) is 0 Å². The summed E-state index contributed by atoms with van der Waals surface area (Å²) >= 11 is 0. The van der Waals surface area contributed by atoms with Gasteiger partial charge in [-0.05, 0) is 18.4 Å². The van der Waals surface area contributed by atoms with Crippen LogP contribution in [-0.2, 0) is 43.6 Å². The highest BCUT2D eigenvalue weighted by molar-refractivity contribution is 6.15. The van der Waals surface area contributed by atoms with Gasteiger partial charge in [0.2, 0.25) is 5.78 Å². The van der Waals surface area contributed by atoms with E-state index in [1.54, 1.807) is 27.7 Å². The lowest BCUT2D eigenvalue weighted by Crippen LogP contribution is -2.51. The summed E-state index contributed by atoms with van der Waals surface area (Å²) in [5.74, 6) is -6.93. The quantitative estimate of drug-likeness (QED) is 0.277. The Hall–Kier alpha value is -4.22. The van der Waals surface area contributed by atoms with Gasteiger partial charge in [0.25, 0.3) is 0 Å². The first-order valence-electron chi connectivity index (χ1n) is 13.4. The maximum absolute atomic E-state index is 14.3. The Balaban J connectivity index is 2.53. The number of phenolic OH excluding ortho intramolecular Hbond substituents is 1. The van der Waals surface area contributed by atoms with Crippen molar-refractivity contribution in [1.29, 1.82) is 0 Å². The fourth-order valence-corrected chi connectivity index (χ4v) is 6.17. The number of hydrogen-bond acceptors (Lipinski definition) is 12. The highest BCUT2D eigenvalue weighted by Gasteiger charge is 2.58. The summed E-state index contributed by atoms with van der Waals surface area (Å²) in [6.07, 6.45) is -0.259. The molecule has 228 valence electrons. The van der Waals surface area contributed by atoms with Crippen LogP contribution in [0.2, 0.25) is 0 Å². The number of allylic oxidation sites excluding steroid dienone is 1. The van der Waals surface area contributed by atoms with Crippen LogP contribution in [-0.4, -0.2) is 53.4 Å². The number of hydrogen-bond donors (Lipinski definition) is 1. The number of Topliss-reactive ketones (excluding diaryl/α,β-unsaturated/α-hetero) is 1. The van der Waals surface area contributed by atoms with Crippen molar-refractivity contribution in [2.75, 3.05) is 6.61 Å². The van der Waals surface area contributed by atoms with E-state index in [9.17, 15) is 33.9 Å². The van der Waals surface area contributed by atoms with Gasteiger partial charge < -0.3 is 28.8 Å². The van der Waals surface area contributed by atoms with E-state index in [4.69, 9.17) is 23.7 Å². The Morgan fingerprint density at radius 3 is 1.90 bits per heavy atom. The van der Waals surface area contributed by atoms with Crippen molar-refractivity contribution >= 4 is 35.6 Å². The third-order valence-corrected chi connectivity index (χ3v) is 7.61. The number of aromatic hydroxyl groups is 1. The van der Waals surface area contributed by atoms with E-state index in [0.717, 1.165) is 20.8 Å². The van der Waals surface area contributed by atoms with Crippen molar-refractivity contribution in [2.45, 2.75) is 92.6 Å². The summed E-state index contributed by atoms with van der Waals surface area (Å²) in [4.78, 5) is 74.8. The number of ether oxygens (including phenoxy) is 5. The first-order chi connectivity index (χ1) is 19.3.